The second-order valence-corrected chi connectivity index (χ2v) is 7.73. The van der Waals surface area contributed by atoms with Crippen LogP contribution in [0.2, 0.25) is 0 Å². The fourth-order valence-corrected chi connectivity index (χ4v) is 3.79. The number of benzene rings is 1. The summed E-state index contributed by atoms with van der Waals surface area (Å²) in [7, 11) is 0. The second kappa shape index (κ2) is 7.67. The fourth-order valence-electron chi connectivity index (χ4n) is 3.79. The van der Waals surface area contributed by atoms with Crippen molar-refractivity contribution in [3.8, 4) is 23.6 Å². The highest BCUT2D eigenvalue weighted by molar-refractivity contribution is 5.57. The average Bonchev–Trinajstić information content (AvgIpc) is 3.16. The van der Waals surface area contributed by atoms with Crippen LogP contribution >= 0.6 is 0 Å². The van der Waals surface area contributed by atoms with E-state index in [9.17, 15) is 18.3 Å². The number of aromatic nitrogens is 3. The first-order valence-corrected chi connectivity index (χ1v) is 9.35. The van der Waals surface area contributed by atoms with Crippen LogP contribution in [0.15, 0.2) is 18.3 Å². The van der Waals surface area contributed by atoms with Crippen molar-refractivity contribution in [3.63, 3.8) is 0 Å². The van der Waals surface area contributed by atoms with Gasteiger partial charge in [-0.05, 0) is 26.0 Å². The van der Waals surface area contributed by atoms with Crippen LogP contribution in [0, 0.1) is 29.8 Å². The van der Waals surface area contributed by atoms with E-state index in [1.54, 1.807) is 13.8 Å². The predicted octanol–water partition coefficient (Wildman–Crippen LogP) is 2.21. The normalized spacial score (nSPS) is 30.5. The highest BCUT2D eigenvalue weighted by atomic mass is 19.2. The molecule has 160 valence electrons. The van der Waals surface area contributed by atoms with Gasteiger partial charge in [0.25, 0.3) is 0 Å². The molecule has 0 spiro atoms. The molecule has 2 aliphatic heterocycles. The molecule has 1 aromatic heterocycles. The Hall–Kier alpha value is -2.45. The van der Waals surface area contributed by atoms with Crippen molar-refractivity contribution < 1.29 is 32.5 Å². The molecule has 30 heavy (non-hydrogen) atoms. The Balaban J connectivity index is 1.70. The molecule has 7 nitrogen and oxygen atoms in total. The first-order valence-electron chi connectivity index (χ1n) is 9.35. The van der Waals surface area contributed by atoms with Crippen molar-refractivity contribution in [2.45, 2.75) is 56.5 Å². The molecule has 0 bridgehead atoms. The Labute approximate surface area is 170 Å². The second-order valence-electron chi connectivity index (χ2n) is 7.73. The van der Waals surface area contributed by atoms with Gasteiger partial charge in [0.15, 0.2) is 23.2 Å². The summed E-state index contributed by atoms with van der Waals surface area (Å²) in [6, 6.07) is 0.901. The van der Waals surface area contributed by atoms with Gasteiger partial charge < -0.3 is 19.3 Å². The summed E-state index contributed by atoms with van der Waals surface area (Å²) in [6.45, 7) is 3.69. The van der Waals surface area contributed by atoms with Crippen LogP contribution in [0.1, 0.15) is 26.3 Å². The summed E-state index contributed by atoms with van der Waals surface area (Å²) in [4.78, 5) is 0. The van der Waals surface area contributed by atoms with E-state index in [0.717, 1.165) is 12.1 Å². The van der Waals surface area contributed by atoms with Crippen molar-refractivity contribution in [1.29, 1.82) is 0 Å². The number of aliphatic hydroxyl groups is 1. The zero-order chi connectivity index (χ0) is 21.6. The molecule has 2 aromatic rings. The molecule has 0 aliphatic carbocycles. The van der Waals surface area contributed by atoms with Crippen LogP contribution in [-0.4, -0.2) is 56.9 Å². The summed E-state index contributed by atoms with van der Waals surface area (Å²) in [5.41, 5.74) is 0.104. The minimum absolute atomic E-state index is 0.00384. The van der Waals surface area contributed by atoms with E-state index in [1.807, 2.05) is 0 Å². The summed E-state index contributed by atoms with van der Waals surface area (Å²) in [6.07, 6.45) is 4.01. The van der Waals surface area contributed by atoms with Crippen LogP contribution in [0.25, 0.3) is 11.3 Å². The zero-order valence-electron chi connectivity index (χ0n) is 16.3. The topological polar surface area (TPSA) is 78.6 Å². The number of terminal acetylenes is 1. The SMILES string of the molecule is C#CC[C@H]1O[C@@H]2COC(C)(C)O[C@@H]2[C@H](n2cc(-c3cc(F)c(F)c(F)c3)nn2)[C@H]1O. The number of halogens is 3. The molecular formula is C20H20F3N3O4. The van der Waals surface area contributed by atoms with Gasteiger partial charge >= 0.3 is 0 Å². The first kappa shape index (κ1) is 20.8. The lowest BCUT2D eigenvalue weighted by atomic mass is 9.90. The van der Waals surface area contributed by atoms with Crippen molar-refractivity contribution in [2.24, 2.45) is 0 Å². The molecule has 0 radical (unpaired) electrons. The molecule has 2 aliphatic rings. The van der Waals surface area contributed by atoms with Gasteiger partial charge in [0.1, 0.15) is 30.0 Å². The number of ether oxygens (including phenoxy) is 3. The molecule has 0 amide bonds. The number of hydrogen-bond donors (Lipinski definition) is 1. The van der Waals surface area contributed by atoms with Gasteiger partial charge in [-0.15, -0.1) is 17.4 Å². The lowest BCUT2D eigenvalue weighted by molar-refractivity contribution is -0.348. The molecule has 2 saturated heterocycles. The molecule has 0 unspecified atom stereocenters. The van der Waals surface area contributed by atoms with Crippen molar-refractivity contribution in [2.75, 3.05) is 6.61 Å². The van der Waals surface area contributed by atoms with E-state index in [4.69, 9.17) is 20.6 Å². The molecule has 5 atom stereocenters. The van der Waals surface area contributed by atoms with Gasteiger partial charge in [0.2, 0.25) is 0 Å². The van der Waals surface area contributed by atoms with E-state index < -0.39 is 53.7 Å². The highest BCUT2D eigenvalue weighted by Gasteiger charge is 2.51. The van der Waals surface area contributed by atoms with Gasteiger partial charge in [0.05, 0.1) is 18.9 Å². The summed E-state index contributed by atoms with van der Waals surface area (Å²) >= 11 is 0. The maximum atomic E-state index is 13.6. The minimum atomic E-state index is -1.57. The van der Waals surface area contributed by atoms with Crippen LogP contribution in [0.4, 0.5) is 13.2 Å². The minimum Gasteiger partial charge on any atom is -0.388 e. The highest BCUT2D eigenvalue weighted by Crippen LogP contribution is 2.39. The van der Waals surface area contributed by atoms with Crippen molar-refractivity contribution >= 4 is 0 Å². The average molecular weight is 423 g/mol. The molecule has 0 saturated carbocycles. The zero-order valence-corrected chi connectivity index (χ0v) is 16.3. The molecule has 4 rings (SSSR count). The number of hydrogen-bond acceptors (Lipinski definition) is 6. The van der Waals surface area contributed by atoms with Crippen molar-refractivity contribution in [1.82, 2.24) is 15.0 Å². The monoisotopic (exact) mass is 423 g/mol. The maximum absolute atomic E-state index is 13.6. The molecule has 3 heterocycles. The quantitative estimate of drug-likeness (QED) is 0.603. The number of aliphatic hydroxyl groups excluding tert-OH is 1. The van der Waals surface area contributed by atoms with E-state index >= 15 is 0 Å². The van der Waals surface area contributed by atoms with Gasteiger partial charge in [-0.3, -0.25) is 0 Å². The summed E-state index contributed by atoms with van der Waals surface area (Å²) < 4.78 is 59.4. The molecule has 1 N–H and O–H groups in total. The third-order valence-electron chi connectivity index (χ3n) is 5.21. The Morgan fingerprint density at radius 3 is 2.67 bits per heavy atom. The third-order valence-corrected chi connectivity index (χ3v) is 5.21. The van der Waals surface area contributed by atoms with Gasteiger partial charge in [-0.25, -0.2) is 17.9 Å². The number of nitrogens with zero attached hydrogens (tertiary/aromatic N) is 3. The Morgan fingerprint density at radius 1 is 1.30 bits per heavy atom. The lowest BCUT2D eigenvalue weighted by Gasteiger charge is -2.50. The third kappa shape index (κ3) is 3.70. The molecule has 1 aromatic carbocycles. The number of fused-ring (bicyclic) bond motifs is 1. The first-order chi connectivity index (χ1) is 14.2. The molecule has 2 fully saturated rings. The van der Waals surface area contributed by atoms with Gasteiger partial charge in [-0.1, -0.05) is 5.21 Å². The van der Waals surface area contributed by atoms with E-state index in [0.29, 0.717) is 0 Å². The Kier molecular flexibility index (Phi) is 5.32. The van der Waals surface area contributed by atoms with Crippen LogP contribution in [0.3, 0.4) is 0 Å². The van der Waals surface area contributed by atoms with Crippen LogP contribution < -0.4 is 0 Å². The summed E-state index contributed by atoms with van der Waals surface area (Å²) in [5, 5.41) is 18.9. The summed E-state index contributed by atoms with van der Waals surface area (Å²) in [5.74, 6) is -2.70. The smallest absolute Gasteiger partial charge is 0.194 e. The maximum Gasteiger partial charge on any atom is 0.194 e. The van der Waals surface area contributed by atoms with Crippen molar-refractivity contribution in [3.05, 3.63) is 35.8 Å². The van der Waals surface area contributed by atoms with E-state index in [-0.39, 0.29) is 24.3 Å². The van der Waals surface area contributed by atoms with E-state index in [2.05, 4.69) is 16.2 Å². The number of rotatable bonds is 3. The fraction of sp³-hybridized carbons (Fsp3) is 0.500. The standard InChI is InChI=1S/C20H20F3N3O4/c1-4-5-14-18(27)17(19-15(29-14)9-28-20(2,3)30-19)26-8-13(24-25-26)10-6-11(21)16(23)12(22)7-10/h1,6-8,14-15,17-19,27H,5,9H2,2-3H3/t14-,15-,17-,18+,19+/m1/s1. The largest absolute Gasteiger partial charge is 0.388 e. The Morgan fingerprint density at radius 2 is 2.00 bits per heavy atom. The van der Waals surface area contributed by atoms with Gasteiger partial charge in [-0.2, -0.15) is 0 Å². The molecular weight excluding hydrogens is 403 g/mol. The predicted molar refractivity (Wildman–Crippen MR) is 97.4 cm³/mol. The van der Waals surface area contributed by atoms with Gasteiger partial charge in [0, 0.05) is 12.0 Å². The lowest BCUT2D eigenvalue weighted by Crippen LogP contribution is -2.62. The Bertz CT molecular complexity index is 967. The van der Waals surface area contributed by atoms with Crippen LogP contribution in [0.5, 0.6) is 0 Å². The van der Waals surface area contributed by atoms with Crippen LogP contribution in [-0.2, 0) is 14.2 Å². The van der Waals surface area contributed by atoms with E-state index in [1.165, 1.54) is 10.9 Å². The molecule has 10 heteroatoms.